The largest absolute Gasteiger partial charge is 0.481 e. The number of nitrogens with one attached hydrogen (secondary N) is 2. The van der Waals surface area contributed by atoms with Gasteiger partial charge >= 0.3 is 11.9 Å². The molecule has 0 saturated carbocycles. The smallest absolute Gasteiger partial charge is 0.329 e. The first kappa shape index (κ1) is 26.8. The maximum atomic E-state index is 12.9. The predicted octanol–water partition coefficient (Wildman–Crippen LogP) is 1.19. The Kier molecular flexibility index (Phi) is 10.9. The van der Waals surface area contributed by atoms with Crippen LogP contribution < -0.4 is 16.4 Å². The predicted molar refractivity (Wildman–Crippen MR) is 109 cm³/mol. The molecule has 5 N–H and O–H groups in total. The highest BCUT2D eigenvalue weighted by molar-refractivity contribution is 5.92. The van der Waals surface area contributed by atoms with Crippen molar-refractivity contribution in [2.75, 3.05) is 0 Å². The zero-order chi connectivity index (χ0) is 22.9. The number of rotatable bonds is 11. The van der Waals surface area contributed by atoms with Gasteiger partial charge in [-0.15, -0.1) is 0 Å². The van der Waals surface area contributed by atoms with E-state index in [1.165, 1.54) is 0 Å². The lowest BCUT2D eigenvalue weighted by Gasteiger charge is -2.30. The second kappa shape index (κ2) is 11.7. The standard InChI is InChI=1S/C20H37N3O6/c1-8-12(4)16(23-17(26)13(21)9-10-14(24)25)18(27)22-15(11(2)3)19(28)29-20(5,6)7/h11-13,15-16H,8-10,21H2,1-7H3,(H,22,27)(H,23,26)(H,24,25)/t12-,13-,15-,16-/m0/s1. The Hall–Kier alpha value is -2.16. The van der Waals surface area contributed by atoms with Crippen molar-refractivity contribution in [1.82, 2.24) is 10.6 Å². The summed E-state index contributed by atoms with van der Waals surface area (Å²) in [6.45, 7) is 12.5. The quantitative estimate of drug-likeness (QED) is 0.370. The molecule has 4 atom stereocenters. The number of carboxylic acid groups (broad SMARTS) is 1. The fourth-order valence-electron chi connectivity index (χ4n) is 2.48. The molecule has 0 aliphatic carbocycles. The van der Waals surface area contributed by atoms with E-state index in [1.807, 2.05) is 6.92 Å². The van der Waals surface area contributed by atoms with Crippen LogP contribution in [0.15, 0.2) is 0 Å². The molecule has 0 aromatic rings. The van der Waals surface area contributed by atoms with Crippen LogP contribution in [0.4, 0.5) is 0 Å². The van der Waals surface area contributed by atoms with Gasteiger partial charge in [-0.2, -0.15) is 0 Å². The summed E-state index contributed by atoms with van der Waals surface area (Å²) in [4.78, 5) is 48.4. The molecule has 2 amide bonds. The molecule has 0 fully saturated rings. The number of hydrogen-bond donors (Lipinski definition) is 4. The number of nitrogens with two attached hydrogens (primary N) is 1. The molecule has 9 nitrogen and oxygen atoms in total. The Labute approximate surface area is 173 Å². The summed E-state index contributed by atoms with van der Waals surface area (Å²) in [5.41, 5.74) is 5.04. The van der Waals surface area contributed by atoms with Gasteiger partial charge < -0.3 is 26.2 Å². The summed E-state index contributed by atoms with van der Waals surface area (Å²) in [5.74, 6) is -3.17. The van der Waals surface area contributed by atoms with Crippen LogP contribution >= 0.6 is 0 Å². The SMILES string of the molecule is CC[C@H](C)[C@H](NC(=O)[C@@H](N)CCC(=O)O)C(=O)N[C@H](C(=O)OC(C)(C)C)C(C)C. The topological polar surface area (TPSA) is 148 Å². The van der Waals surface area contributed by atoms with Crippen molar-refractivity contribution in [1.29, 1.82) is 0 Å². The monoisotopic (exact) mass is 415 g/mol. The molecule has 0 aliphatic rings. The van der Waals surface area contributed by atoms with Crippen molar-refractivity contribution in [3.63, 3.8) is 0 Å². The maximum absolute atomic E-state index is 12.9. The normalized spacial score (nSPS) is 15.8. The Morgan fingerprint density at radius 2 is 1.52 bits per heavy atom. The number of ether oxygens (including phenoxy) is 1. The van der Waals surface area contributed by atoms with E-state index in [9.17, 15) is 19.2 Å². The Morgan fingerprint density at radius 1 is 1.00 bits per heavy atom. The summed E-state index contributed by atoms with van der Waals surface area (Å²) in [6, 6.07) is -2.82. The van der Waals surface area contributed by atoms with E-state index in [0.29, 0.717) is 6.42 Å². The van der Waals surface area contributed by atoms with Crippen molar-refractivity contribution >= 4 is 23.8 Å². The van der Waals surface area contributed by atoms with Gasteiger partial charge in [-0.25, -0.2) is 4.79 Å². The first-order valence-electron chi connectivity index (χ1n) is 10.0. The Morgan fingerprint density at radius 3 is 1.93 bits per heavy atom. The Balaban J connectivity index is 5.29. The summed E-state index contributed by atoms with van der Waals surface area (Å²) in [6.07, 6.45) is 0.312. The average Bonchev–Trinajstić information content (AvgIpc) is 2.58. The van der Waals surface area contributed by atoms with E-state index in [-0.39, 0.29) is 24.7 Å². The summed E-state index contributed by atoms with van der Waals surface area (Å²) < 4.78 is 5.39. The molecule has 29 heavy (non-hydrogen) atoms. The summed E-state index contributed by atoms with van der Waals surface area (Å²) >= 11 is 0. The van der Waals surface area contributed by atoms with Crippen LogP contribution in [0.3, 0.4) is 0 Å². The number of carbonyl (C=O) groups is 4. The van der Waals surface area contributed by atoms with E-state index in [1.54, 1.807) is 41.5 Å². The summed E-state index contributed by atoms with van der Waals surface area (Å²) in [7, 11) is 0. The lowest BCUT2D eigenvalue weighted by molar-refractivity contribution is -0.160. The van der Waals surface area contributed by atoms with Gasteiger partial charge in [0.25, 0.3) is 0 Å². The van der Waals surface area contributed by atoms with E-state index in [2.05, 4.69) is 10.6 Å². The fraction of sp³-hybridized carbons (Fsp3) is 0.800. The lowest BCUT2D eigenvalue weighted by Crippen LogP contribution is -2.58. The van der Waals surface area contributed by atoms with Crippen molar-refractivity contribution in [3.8, 4) is 0 Å². The second-order valence-electron chi connectivity index (χ2n) is 8.67. The minimum atomic E-state index is -1.05. The van der Waals surface area contributed by atoms with Crippen LogP contribution in [0.5, 0.6) is 0 Å². The molecule has 0 heterocycles. The minimum absolute atomic E-state index is 0.0391. The highest BCUT2D eigenvalue weighted by Gasteiger charge is 2.34. The highest BCUT2D eigenvalue weighted by atomic mass is 16.6. The average molecular weight is 416 g/mol. The number of esters is 1. The van der Waals surface area contributed by atoms with Gasteiger partial charge in [0.2, 0.25) is 11.8 Å². The third-order valence-electron chi connectivity index (χ3n) is 4.42. The number of aliphatic carboxylic acids is 1. The molecule has 0 aromatic carbocycles. The fourth-order valence-corrected chi connectivity index (χ4v) is 2.48. The first-order valence-corrected chi connectivity index (χ1v) is 10.0. The number of amides is 2. The number of carbonyl (C=O) groups excluding carboxylic acids is 3. The maximum Gasteiger partial charge on any atom is 0.329 e. The molecular weight excluding hydrogens is 378 g/mol. The van der Waals surface area contributed by atoms with Crippen molar-refractivity contribution in [3.05, 3.63) is 0 Å². The molecule has 0 unspecified atom stereocenters. The van der Waals surface area contributed by atoms with Gasteiger partial charge in [0.15, 0.2) is 0 Å². The third-order valence-corrected chi connectivity index (χ3v) is 4.42. The molecule has 0 saturated heterocycles. The van der Waals surface area contributed by atoms with Gasteiger partial charge in [-0.3, -0.25) is 14.4 Å². The molecule has 168 valence electrons. The van der Waals surface area contributed by atoms with E-state index in [4.69, 9.17) is 15.6 Å². The van der Waals surface area contributed by atoms with Crippen LogP contribution in [0, 0.1) is 11.8 Å². The highest BCUT2D eigenvalue weighted by Crippen LogP contribution is 2.14. The van der Waals surface area contributed by atoms with Gasteiger partial charge in [-0.1, -0.05) is 34.1 Å². The van der Waals surface area contributed by atoms with Crippen LogP contribution in [0.2, 0.25) is 0 Å². The van der Waals surface area contributed by atoms with Gasteiger partial charge in [0, 0.05) is 6.42 Å². The van der Waals surface area contributed by atoms with Crippen LogP contribution in [0.1, 0.15) is 67.7 Å². The van der Waals surface area contributed by atoms with Crippen LogP contribution in [0.25, 0.3) is 0 Å². The molecule has 0 spiro atoms. The van der Waals surface area contributed by atoms with Crippen molar-refractivity contribution < 1.29 is 29.0 Å². The van der Waals surface area contributed by atoms with Crippen molar-refractivity contribution in [2.45, 2.75) is 91.5 Å². The van der Waals surface area contributed by atoms with Crippen LogP contribution in [-0.2, 0) is 23.9 Å². The van der Waals surface area contributed by atoms with Crippen molar-refractivity contribution in [2.24, 2.45) is 17.6 Å². The van der Waals surface area contributed by atoms with Crippen LogP contribution in [-0.4, -0.2) is 52.6 Å². The second-order valence-corrected chi connectivity index (χ2v) is 8.67. The molecule has 0 rings (SSSR count). The summed E-state index contributed by atoms with van der Waals surface area (Å²) in [5, 5.41) is 14.0. The Bertz CT molecular complexity index is 585. The first-order chi connectivity index (χ1) is 13.2. The zero-order valence-corrected chi connectivity index (χ0v) is 18.6. The third kappa shape index (κ3) is 10.3. The van der Waals surface area contributed by atoms with Gasteiger partial charge in [-0.05, 0) is 39.0 Å². The molecule has 0 radical (unpaired) electrons. The number of hydrogen-bond acceptors (Lipinski definition) is 6. The zero-order valence-electron chi connectivity index (χ0n) is 18.6. The molecule has 9 heteroatoms. The van der Waals surface area contributed by atoms with E-state index in [0.717, 1.165) is 0 Å². The van der Waals surface area contributed by atoms with Gasteiger partial charge in [0.1, 0.15) is 17.7 Å². The molecule has 0 aliphatic heterocycles. The lowest BCUT2D eigenvalue weighted by atomic mass is 9.96. The molecule has 0 aromatic heterocycles. The molecular formula is C20H37N3O6. The molecule has 0 bridgehead atoms. The van der Waals surface area contributed by atoms with E-state index >= 15 is 0 Å². The minimum Gasteiger partial charge on any atom is -0.481 e. The number of carboxylic acids is 1. The van der Waals surface area contributed by atoms with Gasteiger partial charge in [0.05, 0.1) is 6.04 Å². The van der Waals surface area contributed by atoms with E-state index < -0.39 is 47.5 Å².